The Balaban J connectivity index is 2.07. The van der Waals surface area contributed by atoms with Gasteiger partial charge in [-0.05, 0) is 13.0 Å². The van der Waals surface area contributed by atoms with E-state index in [2.05, 4.69) is 11.8 Å². The molecule has 1 radical (unpaired) electrons. The van der Waals surface area contributed by atoms with Crippen LogP contribution in [0.1, 0.15) is 26.2 Å². The predicted molar refractivity (Wildman–Crippen MR) is 53.2 cm³/mol. The van der Waals surface area contributed by atoms with Crippen LogP contribution in [-0.2, 0) is 4.79 Å². The third-order valence-corrected chi connectivity index (χ3v) is 2.58. The van der Waals surface area contributed by atoms with Crippen molar-refractivity contribution in [3.8, 4) is 0 Å². The van der Waals surface area contributed by atoms with E-state index in [1.54, 1.807) is 4.90 Å². The first kappa shape index (κ1) is 10.5. The standard InChI is InChI=1S/C10H19N2O/c1-2-3-4-5-11-6-8-12(10-13)9-7-11/h2-9H2,1H3. The topological polar surface area (TPSA) is 23.6 Å². The van der Waals surface area contributed by atoms with Gasteiger partial charge in [-0.1, -0.05) is 19.8 Å². The first-order valence-electron chi connectivity index (χ1n) is 5.22. The van der Waals surface area contributed by atoms with Gasteiger partial charge in [0.1, 0.15) is 0 Å². The molecule has 0 bridgehead atoms. The fraction of sp³-hybridized carbons (Fsp3) is 0.900. The zero-order valence-electron chi connectivity index (χ0n) is 8.46. The minimum atomic E-state index is 0.857. The minimum absolute atomic E-state index is 0.857. The van der Waals surface area contributed by atoms with Crippen molar-refractivity contribution in [2.75, 3.05) is 32.7 Å². The van der Waals surface area contributed by atoms with Crippen LogP contribution in [0.2, 0.25) is 0 Å². The molecule has 0 aromatic heterocycles. The molecule has 0 aromatic rings. The maximum absolute atomic E-state index is 10.3. The molecular formula is C10H19N2O. The summed E-state index contributed by atoms with van der Waals surface area (Å²) in [7, 11) is 0. The average molecular weight is 183 g/mol. The van der Waals surface area contributed by atoms with Crippen molar-refractivity contribution in [3.05, 3.63) is 0 Å². The van der Waals surface area contributed by atoms with Gasteiger partial charge in [-0.15, -0.1) is 0 Å². The van der Waals surface area contributed by atoms with E-state index in [1.165, 1.54) is 25.8 Å². The summed E-state index contributed by atoms with van der Waals surface area (Å²) >= 11 is 0. The van der Waals surface area contributed by atoms with Crippen LogP contribution in [-0.4, -0.2) is 48.9 Å². The zero-order chi connectivity index (χ0) is 9.52. The molecule has 75 valence electrons. The van der Waals surface area contributed by atoms with Crippen LogP contribution in [0.5, 0.6) is 0 Å². The highest BCUT2D eigenvalue weighted by atomic mass is 16.1. The van der Waals surface area contributed by atoms with E-state index in [0.29, 0.717) is 0 Å². The second-order valence-corrected chi connectivity index (χ2v) is 3.63. The Bertz CT molecular complexity index is 142. The van der Waals surface area contributed by atoms with Gasteiger partial charge in [0.05, 0.1) is 0 Å². The number of amides is 1. The monoisotopic (exact) mass is 183 g/mol. The molecule has 1 aliphatic heterocycles. The Kier molecular flexibility index (Phi) is 4.83. The summed E-state index contributed by atoms with van der Waals surface area (Å²) in [5.41, 5.74) is 0. The van der Waals surface area contributed by atoms with Crippen molar-refractivity contribution in [1.29, 1.82) is 0 Å². The summed E-state index contributed by atoms with van der Waals surface area (Å²) in [4.78, 5) is 14.5. The van der Waals surface area contributed by atoms with E-state index < -0.39 is 0 Å². The van der Waals surface area contributed by atoms with Crippen LogP contribution < -0.4 is 0 Å². The highest BCUT2D eigenvalue weighted by Gasteiger charge is 2.14. The lowest BCUT2D eigenvalue weighted by Crippen LogP contribution is -2.45. The number of rotatable bonds is 5. The van der Waals surface area contributed by atoms with Crippen molar-refractivity contribution < 1.29 is 4.79 Å². The number of piperazine rings is 1. The lowest BCUT2D eigenvalue weighted by molar-refractivity contribution is 0.176. The van der Waals surface area contributed by atoms with Gasteiger partial charge >= 0.3 is 6.41 Å². The summed E-state index contributed by atoms with van der Waals surface area (Å²) in [5.74, 6) is 0. The molecule has 0 aliphatic carbocycles. The van der Waals surface area contributed by atoms with Crippen LogP contribution in [0, 0.1) is 0 Å². The normalized spacial score (nSPS) is 19.0. The summed E-state index contributed by atoms with van der Waals surface area (Å²) in [6.45, 7) is 7.18. The quantitative estimate of drug-likeness (QED) is 0.590. The van der Waals surface area contributed by atoms with Crippen LogP contribution in [0.15, 0.2) is 0 Å². The lowest BCUT2D eigenvalue weighted by atomic mass is 10.2. The maximum atomic E-state index is 10.3. The van der Waals surface area contributed by atoms with Gasteiger partial charge in [-0.3, -0.25) is 9.69 Å². The molecule has 1 heterocycles. The molecule has 1 amide bonds. The van der Waals surface area contributed by atoms with Crippen LogP contribution in [0.4, 0.5) is 0 Å². The van der Waals surface area contributed by atoms with Gasteiger partial charge in [0.25, 0.3) is 0 Å². The fourth-order valence-electron chi connectivity index (χ4n) is 1.65. The van der Waals surface area contributed by atoms with Crippen molar-refractivity contribution in [1.82, 2.24) is 9.80 Å². The molecule has 1 aliphatic rings. The van der Waals surface area contributed by atoms with E-state index in [9.17, 15) is 4.79 Å². The number of unbranched alkanes of at least 4 members (excludes halogenated alkanes) is 2. The van der Waals surface area contributed by atoms with Gasteiger partial charge in [0, 0.05) is 26.2 Å². The van der Waals surface area contributed by atoms with E-state index >= 15 is 0 Å². The second kappa shape index (κ2) is 5.97. The summed E-state index contributed by atoms with van der Waals surface area (Å²) < 4.78 is 0. The zero-order valence-corrected chi connectivity index (χ0v) is 8.46. The maximum Gasteiger partial charge on any atom is 0.312 e. The van der Waals surface area contributed by atoms with Crippen molar-refractivity contribution in [2.24, 2.45) is 0 Å². The van der Waals surface area contributed by atoms with Crippen LogP contribution in [0.3, 0.4) is 0 Å². The van der Waals surface area contributed by atoms with E-state index in [-0.39, 0.29) is 0 Å². The summed E-state index contributed by atoms with van der Waals surface area (Å²) in [6, 6.07) is 0. The van der Waals surface area contributed by atoms with Crippen LogP contribution in [0.25, 0.3) is 0 Å². The molecule has 3 heteroatoms. The van der Waals surface area contributed by atoms with Gasteiger partial charge in [0.2, 0.25) is 0 Å². The number of hydrogen-bond donors (Lipinski definition) is 0. The fourth-order valence-corrected chi connectivity index (χ4v) is 1.65. The lowest BCUT2D eigenvalue weighted by Gasteiger charge is -2.31. The molecule has 3 nitrogen and oxygen atoms in total. The average Bonchev–Trinajstić information content (AvgIpc) is 2.19. The molecule has 1 rings (SSSR count). The molecule has 1 saturated heterocycles. The minimum Gasteiger partial charge on any atom is -0.332 e. The molecule has 0 aromatic carbocycles. The van der Waals surface area contributed by atoms with E-state index in [0.717, 1.165) is 26.2 Å². The Labute approximate surface area is 80.7 Å². The third-order valence-electron chi connectivity index (χ3n) is 2.58. The molecule has 1 fully saturated rings. The number of nitrogens with zero attached hydrogens (tertiary/aromatic N) is 2. The first-order valence-corrected chi connectivity index (χ1v) is 5.22. The molecule has 0 atom stereocenters. The van der Waals surface area contributed by atoms with Gasteiger partial charge in [-0.25, -0.2) is 0 Å². The Morgan fingerprint density at radius 1 is 1.15 bits per heavy atom. The third kappa shape index (κ3) is 3.77. The Morgan fingerprint density at radius 2 is 1.85 bits per heavy atom. The molecular weight excluding hydrogens is 164 g/mol. The van der Waals surface area contributed by atoms with Crippen molar-refractivity contribution >= 4 is 6.41 Å². The first-order chi connectivity index (χ1) is 6.36. The van der Waals surface area contributed by atoms with Gasteiger partial charge in [-0.2, -0.15) is 0 Å². The van der Waals surface area contributed by atoms with Gasteiger partial charge < -0.3 is 4.90 Å². The highest BCUT2D eigenvalue weighted by molar-refractivity contribution is 5.48. The van der Waals surface area contributed by atoms with E-state index in [1.807, 2.05) is 6.41 Å². The second-order valence-electron chi connectivity index (χ2n) is 3.63. The molecule has 0 unspecified atom stereocenters. The highest BCUT2D eigenvalue weighted by Crippen LogP contribution is 2.02. The van der Waals surface area contributed by atoms with Crippen LogP contribution >= 0.6 is 0 Å². The summed E-state index contributed by atoms with van der Waals surface area (Å²) in [5, 5.41) is 0. The Hall–Kier alpha value is -0.570. The Morgan fingerprint density at radius 3 is 2.38 bits per heavy atom. The number of carbonyl (C=O) groups excluding carboxylic acids is 1. The summed E-state index contributed by atoms with van der Waals surface area (Å²) in [6.07, 6.45) is 5.84. The smallest absolute Gasteiger partial charge is 0.312 e. The predicted octanol–water partition coefficient (Wildman–Crippen LogP) is 0.861. The van der Waals surface area contributed by atoms with Crippen molar-refractivity contribution in [3.63, 3.8) is 0 Å². The number of hydrogen-bond acceptors (Lipinski definition) is 2. The SMILES string of the molecule is CCCCCN1CCN([C]=O)CC1. The van der Waals surface area contributed by atoms with Crippen molar-refractivity contribution in [2.45, 2.75) is 26.2 Å². The molecule has 13 heavy (non-hydrogen) atoms. The molecule has 0 spiro atoms. The molecule has 0 N–H and O–H groups in total. The van der Waals surface area contributed by atoms with Gasteiger partial charge in [0.15, 0.2) is 0 Å². The van der Waals surface area contributed by atoms with E-state index in [4.69, 9.17) is 0 Å². The largest absolute Gasteiger partial charge is 0.332 e. The molecule has 0 saturated carbocycles.